The Labute approximate surface area is 136 Å². The summed E-state index contributed by atoms with van der Waals surface area (Å²) in [7, 11) is 0. The van der Waals surface area contributed by atoms with Gasteiger partial charge in [0.2, 0.25) is 0 Å². The first kappa shape index (κ1) is 15.5. The predicted octanol–water partition coefficient (Wildman–Crippen LogP) is 4.57. The summed E-state index contributed by atoms with van der Waals surface area (Å²) in [6, 6.07) is 8.05. The molecule has 3 rings (SSSR count). The lowest BCUT2D eigenvalue weighted by Crippen LogP contribution is -2.04. The molecule has 0 fully saturated rings. The molecule has 1 atom stereocenters. The summed E-state index contributed by atoms with van der Waals surface area (Å²) in [5.74, 6) is 2.42. The van der Waals surface area contributed by atoms with Crippen LogP contribution in [0, 0.1) is 0 Å². The molecule has 0 amide bonds. The summed E-state index contributed by atoms with van der Waals surface area (Å²) < 4.78 is 23.0. The van der Waals surface area contributed by atoms with E-state index in [-0.39, 0.29) is 5.92 Å². The van der Waals surface area contributed by atoms with Crippen LogP contribution in [0.2, 0.25) is 0 Å². The van der Waals surface area contributed by atoms with Gasteiger partial charge in [-0.05, 0) is 38.5 Å². The number of hydrogen-bond donors (Lipinski definition) is 0. The Morgan fingerprint density at radius 2 is 1.74 bits per heavy atom. The zero-order valence-corrected chi connectivity index (χ0v) is 13.8. The van der Waals surface area contributed by atoms with Gasteiger partial charge >= 0.3 is 0 Å². The monoisotopic (exact) mass is 314 g/mol. The second-order valence-electron chi connectivity index (χ2n) is 5.20. The van der Waals surface area contributed by atoms with Gasteiger partial charge in [0.25, 0.3) is 0 Å². The summed E-state index contributed by atoms with van der Waals surface area (Å²) in [5, 5.41) is 0. The molecule has 1 unspecified atom stereocenters. The second-order valence-corrected chi connectivity index (χ2v) is 5.20. The third kappa shape index (κ3) is 2.69. The number of hydrogen-bond acceptors (Lipinski definition) is 4. The van der Waals surface area contributed by atoms with Crippen molar-refractivity contribution in [3.63, 3.8) is 0 Å². The molecule has 122 valence electrons. The Bertz CT molecular complexity index is 685. The molecule has 1 aromatic carbocycles. The lowest BCUT2D eigenvalue weighted by molar-refractivity contribution is 0.198. The first-order valence-corrected chi connectivity index (χ1v) is 8.09. The molecule has 1 aliphatic rings. The van der Waals surface area contributed by atoms with E-state index in [1.165, 1.54) is 0 Å². The van der Waals surface area contributed by atoms with Gasteiger partial charge in [0.05, 0.1) is 43.8 Å². The first-order chi connectivity index (χ1) is 11.3. The highest BCUT2D eigenvalue weighted by Gasteiger charge is 2.38. The summed E-state index contributed by atoms with van der Waals surface area (Å²) in [5.41, 5.74) is 3.17. The Morgan fingerprint density at radius 1 is 0.957 bits per heavy atom. The smallest absolute Gasteiger partial charge is 0.169 e. The molecule has 0 aliphatic heterocycles. The summed E-state index contributed by atoms with van der Waals surface area (Å²) >= 11 is 0. The minimum Gasteiger partial charge on any atom is -0.493 e. The van der Waals surface area contributed by atoms with Crippen LogP contribution >= 0.6 is 0 Å². The van der Waals surface area contributed by atoms with Crippen molar-refractivity contribution < 1.29 is 18.6 Å². The highest BCUT2D eigenvalue weighted by molar-refractivity contribution is 5.78. The van der Waals surface area contributed by atoms with Crippen LogP contribution in [0.25, 0.3) is 5.76 Å². The van der Waals surface area contributed by atoms with E-state index in [0.717, 1.165) is 34.0 Å². The average molecular weight is 314 g/mol. The number of fused-ring (bicyclic) bond motifs is 1. The average Bonchev–Trinajstić information content (AvgIpc) is 3.16. The third-order valence-corrected chi connectivity index (χ3v) is 3.85. The zero-order chi connectivity index (χ0) is 16.2. The van der Waals surface area contributed by atoms with Crippen LogP contribution in [-0.4, -0.2) is 19.8 Å². The predicted molar refractivity (Wildman–Crippen MR) is 88.3 cm³/mol. The van der Waals surface area contributed by atoms with E-state index in [9.17, 15) is 0 Å². The second kappa shape index (κ2) is 6.82. The van der Waals surface area contributed by atoms with E-state index in [1.807, 2.05) is 39.0 Å². The molecular weight excluding hydrogens is 292 g/mol. The number of benzene rings is 1. The molecule has 4 nitrogen and oxygen atoms in total. The van der Waals surface area contributed by atoms with Crippen molar-refractivity contribution in [2.45, 2.75) is 26.7 Å². The van der Waals surface area contributed by atoms with Crippen LogP contribution in [-0.2, 0) is 9.47 Å². The van der Waals surface area contributed by atoms with Crippen molar-refractivity contribution in [3.8, 4) is 5.75 Å². The van der Waals surface area contributed by atoms with Crippen molar-refractivity contribution >= 4 is 5.76 Å². The van der Waals surface area contributed by atoms with Gasteiger partial charge in [-0.1, -0.05) is 12.1 Å². The molecule has 1 aromatic heterocycles. The van der Waals surface area contributed by atoms with E-state index in [2.05, 4.69) is 6.07 Å². The van der Waals surface area contributed by atoms with Gasteiger partial charge in [0.15, 0.2) is 11.5 Å². The Morgan fingerprint density at radius 3 is 2.39 bits per heavy atom. The van der Waals surface area contributed by atoms with Crippen molar-refractivity contribution in [2.75, 3.05) is 19.8 Å². The van der Waals surface area contributed by atoms with Gasteiger partial charge in [0, 0.05) is 5.56 Å². The van der Waals surface area contributed by atoms with E-state index in [0.29, 0.717) is 19.8 Å². The topological polar surface area (TPSA) is 40.8 Å². The third-order valence-electron chi connectivity index (χ3n) is 3.85. The fourth-order valence-corrected chi connectivity index (χ4v) is 3.07. The van der Waals surface area contributed by atoms with Gasteiger partial charge in [0.1, 0.15) is 5.75 Å². The Kier molecular flexibility index (Phi) is 4.60. The highest BCUT2D eigenvalue weighted by Crippen LogP contribution is 2.49. The lowest BCUT2D eigenvalue weighted by atomic mass is 9.94. The molecule has 0 bridgehead atoms. The highest BCUT2D eigenvalue weighted by atomic mass is 16.5. The number of rotatable bonds is 7. The molecule has 0 N–H and O–H groups in total. The summed E-state index contributed by atoms with van der Waals surface area (Å²) in [6.07, 6.45) is 3.44. The number of furan rings is 1. The van der Waals surface area contributed by atoms with E-state index < -0.39 is 0 Å². The van der Waals surface area contributed by atoms with Crippen LogP contribution in [0.3, 0.4) is 0 Å². The van der Waals surface area contributed by atoms with Crippen molar-refractivity contribution in [2.24, 2.45) is 0 Å². The normalized spacial score (nSPS) is 16.4. The van der Waals surface area contributed by atoms with Crippen molar-refractivity contribution in [1.82, 2.24) is 0 Å². The molecule has 0 saturated heterocycles. The van der Waals surface area contributed by atoms with Crippen LogP contribution in [0.4, 0.5) is 0 Å². The minimum atomic E-state index is -0.0225. The first-order valence-electron chi connectivity index (χ1n) is 8.09. The van der Waals surface area contributed by atoms with Crippen LogP contribution in [0.1, 0.15) is 43.4 Å². The summed E-state index contributed by atoms with van der Waals surface area (Å²) in [4.78, 5) is 0. The van der Waals surface area contributed by atoms with E-state index >= 15 is 0 Å². The van der Waals surface area contributed by atoms with E-state index in [4.69, 9.17) is 18.6 Å². The van der Waals surface area contributed by atoms with Crippen LogP contribution in [0.15, 0.2) is 47.0 Å². The van der Waals surface area contributed by atoms with Crippen LogP contribution in [0.5, 0.6) is 5.75 Å². The number of ether oxygens (including phenoxy) is 3. The molecular formula is C19H22O4. The van der Waals surface area contributed by atoms with Gasteiger partial charge in [-0.2, -0.15) is 0 Å². The van der Waals surface area contributed by atoms with Gasteiger partial charge in [-0.15, -0.1) is 0 Å². The number of allylic oxidation sites excluding steroid dienone is 1. The van der Waals surface area contributed by atoms with Gasteiger partial charge in [-0.3, -0.25) is 0 Å². The Balaban J connectivity index is 2.20. The molecule has 1 aliphatic carbocycles. The van der Waals surface area contributed by atoms with Gasteiger partial charge in [-0.25, -0.2) is 0 Å². The van der Waals surface area contributed by atoms with Crippen LogP contribution < -0.4 is 4.74 Å². The lowest BCUT2D eigenvalue weighted by Gasteiger charge is -2.15. The molecule has 4 heteroatoms. The molecule has 2 aromatic rings. The zero-order valence-electron chi connectivity index (χ0n) is 13.8. The molecule has 0 radical (unpaired) electrons. The largest absolute Gasteiger partial charge is 0.493 e. The molecule has 23 heavy (non-hydrogen) atoms. The maximum atomic E-state index is 5.98. The van der Waals surface area contributed by atoms with Crippen molar-refractivity contribution in [1.29, 1.82) is 0 Å². The maximum absolute atomic E-state index is 5.98. The fourth-order valence-electron chi connectivity index (χ4n) is 3.07. The quantitative estimate of drug-likeness (QED) is 0.751. The van der Waals surface area contributed by atoms with Gasteiger partial charge < -0.3 is 18.6 Å². The summed E-state index contributed by atoms with van der Waals surface area (Å²) in [6.45, 7) is 7.70. The molecule has 0 saturated carbocycles. The molecule has 1 heterocycles. The Hall–Kier alpha value is -2.36. The maximum Gasteiger partial charge on any atom is 0.169 e. The minimum absolute atomic E-state index is 0.0225. The SMILES string of the molecule is CCOC1=C(OCC)C(c2ccoc2)c2cccc(OCC)c21. The fraction of sp³-hybridized carbons (Fsp3) is 0.368. The van der Waals surface area contributed by atoms with E-state index in [1.54, 1.807) is 12.5 Å². The molecule has 0 spiro atoms. The van der Waals surface area contributed by atoms with Crippen molar-refractivity contribution in [3.05, 3.63) is 59.2 Å². The standard InChI is InChI=1S/C19H22O4/c1-4-21-15-9-7-8-14-16(13-10-11-20-12-13)18(22-5-2)19(17(14)15)23-6-3/h7-12,16H,4-6H2,1-3H3.